The molecule has 1 heterocycles. The maximum Gasteiger partial charge on any atom is 0.326 e. The minimum Gasteiger partial charge on any atom is -0.494 e. The molecule has 8 heteroatoms. The second-order valence-electron chi connectivity index (χ2n) is 7.28. The van der Waals surface area contributed by atoms with Crippen molar-refractivity contribution in [2.24, 2.45) is 0 Å². The number of ether oxygens (including phenoxy) is 1. The zero-order valence-electron chi connectivity index (χ0n) is 16.8. The van der Waals surface area contributed by atoms with Gasteiger partial charge in [0.05, 0.1) is 18.0 Å². The first-order valence-electron chi connectivity index (χ1n) is 10.1. The standard InChI is InChI=1S/C22H24N4O4/c1-2-30-17-11-9-16(10-12-17)24-22(29)26-14-21(28)25(13-20(27)23-15-7-8-15)18-5-3-4-6-19(18)26/h3-6,9-12,15H,2,7-8,13-14H2,1H3,(H,23,27)(H,24,29). The Morgan fingerprint density at radius 3 is 2.43 bits per heavy atom. The first-order chi connectivity index (χ1) is 14.5. The second kappa shape index (κ2) is 8.44. The van der Waals surface area contributed by atoms with Crippen molar-refractivity contribution in [3.63, 3.8) is 0 Å². The summed E-state index contributed by atoms with van der Waals surface area (Å²) in [6.07, 6.45) is 1.96. The summed E-state index contributed by atoms with van der Waals surface area (Å²) in [6, 6.07) is 13.9. The van der Waals surface area contributed by atoms with Gasteiger partial charge >= 0.3 is 6.03 Å². The van der Waals surface area contributed by atoms with Crippen molar-refractivity contribution in [1.82, 2.24) is 5.32 Å². The maximum atomic E-state index is 12.9. The van der Waals surface area contributed by atoms with Crippen LogP contribution in [0.3, 0.4) is 0 Å². The molecule has 1 fully saturated rings. The lowest BCUT2D eigenvalue weighted by Crippen LogP contribution is -2.52. The second-order valence-corrected chi connectivity index (χ2v) is 7.28. The van der Waals surface area contributed by atoms with E-state index in [2.05, 4.69) is 10.6 Å². The fourth-order valence-electron chi connectivity index (χ4n) is 3.35. The molecule has 0 atom stereocenters. The molecule has 30 heavy (non-hydrogen) atoms. The van der Waals surface area contributed by atoms with Crippen LogP contribution >= 0.6 is 0 Å². The number of rotatable bonds is 6. The van der Waals surface area contributed by atoms with Crippen LogP contribution in [-0.4, -0.2) is 43.6 Å². The third kappa shape index (κ3) is 4.37. The summed E-state index contributed by atoms with van der Waals surface area (Å²) in [5.41, 5.74) is 1.72. The topological polar surface area (TPSA) is 91.0 Å². The SMILES string of the molecule is CCOc1ccc(NC(=O)N2CC(=O)N(CC(=O)NC3CC3)c3ccccc32)cc1. The van der Waals surface area contributed by atoms with Gasteiger partial charge in [-0.3, -0.25) is 19.4 Å². The van der Waals surface area contributed by atoms with Crippen LogP contribution in [0.15, 0.2) is 48.5 Å². The summed E-state index contributed by atoms with van der Waals surface area (Å²) in [5, 5.41) is 5.71. The Balaban J connectivity index is 1.50. The van der Waals surface area contributed by atoms with Crippen LogP contribution < -0.4 is 25.2 Å². The van der Waals surface area contributed by atoms with Crippen molar-refractivity contribution in [3.8, 4) is 5.75 Å². The molecule has 156 valence electrons. The summed E-state index contributed by atoms with van der Waals surface area (Å²) in [4.78, 5) is 40.8. The molecule has 4 amide bonds. The van der Waals surface area contributed by atoms with E-state index in [1.165, 1.54) is 9.80 Å². The van der Waals surface area contributed by atoms with Gasteiger partial charge in [-0.2, -0.15) is 0 Å². The highest BCUT2D eigenvalue weighted by Crippen LogP contribution is 2.33. The largest absolute Gasteiger partial charge is 0.494 e. The van der Waals surface area contributed by atoms with Crippen molar-refractivity contribution < 1.29 is 19.1 Å². The third-order valence-electron chi connectivity index (χ3n) is 4.96. The predicted octanol–water partition coefficient (Wildman–Crippen LogP) is 2.75. The minimum atomic E-state index is -0.415. The highest BCUT2D eigenvalue weighted by Gasteiger charge is 2.34. The van der Waals surface area contributed by atoms with E-state index < -0.39 is 6.03 Å². The molecular formula is C22H24N4O4. The van der Waals surface area contributed by atoms with Crippen LogP contribution in [0.25, 0.3) is 0 Å². The van der Waals surface area contributed by atoms with Crippen LogP contribution in [0, 0.1) is 0 Å². The average Bonchev–Trinajstić information content (AvgIpc) is 3.55. The quantitative estimate of drug-likeness (QED) is 0.769. The zero-order chi connectivity index (χ0) is 21.1. The molecule has 1 saturated carbocycles. The van der Waals surface area contributed by atoms with Crippen LogP contribution in [0.5, 0.6) is 5.75 Å². The van der Waals surface area contributed by atoms with Gasteiger partial charge in [-0.1, -0.05) is 12.1 Å². The summed E-state index contributed by atoms with van der Waals surface area (Å²) in [7, 11) is 0. The van der Waals surface area contributed by atoms with Crippen LogP contribution in [0.1, 0.15) is 19.8 Å². The lowest BCUT2D eigenvalue weighted by atomic mass is 10.1. The zero-order valence-corrected chi connectivity index (χ0v) is 16.8. The lowest BCUT2D eigenvalue weighted by Gasteiger charge is -2.35. The Morgan fingerprint density at radius 2 is 1.77 bits per heavy atom. The molecule has 1 aliphatic carbocycles. The van der Waals surface area contributed by atoms with Crippen molar-refractivity contribution in [2.45, 2.75) is 25.8 Å². The third-order valence-corrected chi connectivity index (χ3v) is 4.96. The number of para-hydroxylation sites is 2. The van der Waals surface area contributed by atoms with Crippen molar-refractivity contribution in [1.29, 1.82) is 0 Å². The number of hydrogen-bond acceptors (Lipinski definition) is 4. The molecule has 0 radical (unpaired) electrons. The highest BCUT2D eigenvalue weighted by molar-refractivity contribution is 6.15. The van der Waals surface area contributed by atoms with Crippen molar-refractivity contribution in [3.05, 3.63) is 48.5 Å². The number of carbonyl (C=O) groups excluding carboxylic acids is 3. The molecule has 0 saturated heterocycles. The van der Waals surface area contributed by atoms with Gasteiger partial charge < -0.3 is 15.4 Å². The number of benzene rings is 2. The number of hydrogen-bond donors (Lipinski definition) is 2. The molecule has 0 unspecified atom stereocenters. The lowest BCUT2D eigenvalue weighted by molar-refractivity contribution is -0.123. The van der Waals surface area contributed by atoms with Gasteiger partial charge in [0.2, 0.25) is 11.8 Å². The predicted molar refractivity (Wildman–Crippen MR) is 114 cm³/mol. The van der Waals surface area contributed by atoms with Gasteiger partial charge in [0.15, 0.2) is 0 Å². The van der Waals surface area contributed by atoms with E-state index >= 15 is 0 Å². The van der Waals surface area contributed by atoms with E-state index in [9.17, 15) is 14.4 Å². The van der Waals surface area contributed by atoms with Gasteiger partial charge in [-0.15, -0.1) is 0 Å². The normalized spacial score (nSPS) is 15.4. The van der Waals surface area contributed by atoms with Gasteiger partial charge in [-0.25, -0.2) is 4.79 Å². The Hall–Kier alpha value is -3.55. The number of carbonyl (C=O) groups is 3. The molecule has 8 nitrogen and oxygen atoms in total. The fraction of sp³-hybridized carbons (Fsp3) is 0.318. The number of nitrogens with one attached hydrogen (secondary N) is 2. The molecule has 0 spiro atoms. The Labute approximate surface area is 174 Å². The number of urea groups is 1. The van der Waals surface area contributed by atoms with E-state index in [1.807, 2.05) is 6.92 Å². The van der Waals surface area contributed by atoms with Crippen LogP contribution in [0.2, 0.25) is 0 Å². The Bertz CT molecular complexity index is 956. The molecule has 2 aromatic carbocycles. The minimum absolute atomic E-state index is 0.0549. The van der Waals surface area contributed by atoms with Crippen LogP contribution in [0.4, 0.5) is 21.9 Å². The van der Waals surface area contributed by atoms with Crippen molar-refractivity contribution >= 4 is 34.9 Å². The smallest absolute Gasteiger partial charge is 0.326 e. The van der Waals surface area contributed by atoms with E-state index in [4.69, 9.17) is 4.74 Å². The van der Waals surface area contributed by atoms with Gasteiger partial charge in [0.1, 0.15) is 18.8 Å². The first kappa shape index (κ1) is 19.8. The number of nitrogens with zero attached hydrogens (tertiary/aromatic N) is 2. The van der Waals surface area contributed by atoms with E-state index in [0.717, 1.165) is 12.8 Å². The molecule has 1 aliphatic heterocycles. The number of anilines is 3. The monoisotopic (exact) mass is 408 g/mol. The summed E-state index contributed by atoms with van der Waals surface area (Å²) in [5.74, 6) is 0.226. The highest BCUT2D eigenvalue weighted by atomic mass is 16.5. The van der Waals surface area contributed by atoms with Gasteiger partial charge in [-0.05, 0) is 56.2 Å². The summed E-state index contributed by atoms with van der Waals surface area (Å²) < 4.78 is 5.41. The molecule has 2 N–H and O–H groups in total. The molecular weight excluding hydrogens is 384 g/mol. The Morgan fingerprint density at radius 1 is 1.07 bits per heavy atom. The van der Waals surface area contributed by atoms with Gasteiger partial charge in [0, 0.05) is 11.7 Å². The first-order valence-corrected chi connectivity index (χ1v) is 10.1. The number of amides is 4. The van der Waals surface area contributed by atoms with E-state index in [1.54, 1.807) is 48.5 Å². The molecule has 2 aromatic rings. The van der Waals surface area contributed by atoms with Crippen molar-refractivity contribution in [2.75, 3.05) is 34.8 Å². The van der Waals surface area contributed by atoms with Crippen LogP contribution in [-0.2, 0) is 9.59 Å². The van der Waals surface area contributed by atoms with Gasteiger partial charge in [0.25, 0.3) is 0 Å². The molecule has 0 bridgehead atoms. The Kier molecular flexibility index (Phi) is 5.56. The summed E-state index contributed by atoms with van der Waals surface area (Å²) in [6.45, 7) is 2.27. The maximum absolute atomic E-state index is 12.9. The number of fused-ring (bicyclic) bond motifs is 1. The molecule has 2 aliphatic rings. The van der Waals surface area contributed by atoms with E-state index in [-0.39, 0.29) is 30.9 Å². The summed E-state index contributed by atoms with van der Waals surface area (Å²) >= 11 is 0. The van der Waals surface area contributed by atoms with E-state index in [0.29, 0.717) is 29.4 Å². The fourth-order valence-corrected chi connectivity index (χ4v) is 3.35. The average molecular weight is 408 g/mol. The molecule has 4 rings (SSSR count). The molecule has 0 aromatic heterocycles.